The SMILES string of the molecule is CCOC(C)(C)CNc1nccn1-c1ccccc1. The second-order valence-corrected chi connectivity index (χ2v) is 5.00. The van der Waals surface area contributed by atoms with Crippen molar-refractivity contribution in [3.05, 3.63) is 42.7 Å². The number of benzene rings is 1. The number of imidazole rings is 1. The first kappa shape index (κ1) is 13.6. The van der Waals surface area contributed by atoms with Crippen LogP contribution in [0.4, 0.5) is 5.95 Å². The van der Waals surface area contributed by atoms with Gasteiger partial charge in [-0.1, -0.05) is 18.2 Å². The van der Waals surface area contributed by atoms with Crippen molar-refractivity contribution >= 4 is 5.95 Å². The molecule has 4 nitrogen and oxygen atoms in total. The van der Waals surface area contributed by atoms with Crippen LogP contribution in [0.2, 0.25) is 0 Å². The van der Waals surface area contributed by atoms with Gasteiger partial charge in [0.25, 0.3) is 0 Å². The minimum Gasteiger partial charge on any atom is -0.374 e. The highest BCUT2D eigenvalue weighted by Crippen LogP contribution is 2.16. The molecule has 0 aliphatic rings. The summed E-state index contributed by atoms with van der Waals surface area (Å²) in [6.07, 6.45) is 3.74. The van der Waals surface area contributed by atoms with Crippen molar-refractivity contribution in [2.24, 2.45) is 0 Å². The van der Waals surface area contributed by atoms with E-state index in [0.717, 1.165) is 11.6 Å². The fourth-order valence-corrected chi connectivity index (χ4v) is 1.96. The Bertz CT molecular complexity index is 505. The van der Waals surface area contributed by atoms with Crippen molar-refractivity contribution < 1.29 is 4.74 Å². The van der Waals surface area contributed by atoms with Gasteiger partial charge in [0, 0.05) is 31.2 Å². The van der Waals surface area contributed by atoms with Gasteiger partial charge in [-0.05, 0) is 32.9 Å². The number of nitrogens with one attached hydrogen (secondary N) is 1. The average molecular weight is 259 g/mol. The van der Waals surface area contributed by atoms with Gasteiger partial charge in [-0.15, -0.1) is 0 Å². The summed E-state index contributed by atoms with van der Waals surface area (Å²) in [7, 11) is 0. The van der Waals surface area contributed by atoms with Crippen LogP contribution in [0, 0.1) is 0 Å². The molecule has 1 heterocycles. The molecule has 0 aliphatic carbocycles. The molecule has 0 unspecified atom stereocenters. The maximum Gasteiger partial charge on any atom is 0.207 e. The number of anilines is 1. The highest BCUT2D eigenvalue weighted by Gasteiger charge is 2.18. The lowest BCUT2D eigenvalue weighted by Crippen LogP contribution is -2.34. The molecule has 0 aliphatic heterocycles. The predicted molar refractivity (Wildman–Crippen MR) is 77.8 cm³/mol. The van der Waals surface area contributed by atoms with Crippen molar-refractivity contribution in [2.75, 3.05) is 18.5 Å². The maximum atomic E-state index is 5.67. The van der Waals surface area contributed by atoms with E-state index in [9.17, 15) is 0 Å². The molecule has 19 heavy (non-hydrogen) atoms. The molecule has 1 N–H and O–H groups in total. The highest BCUT2D eigenvalue weighted by atomic mass is 16.5. The van der Waals surface area contributed by atoms with E-state index in [1.54, 1.807) is 6.20 Å². The lowest BCUT2D eigenvalue weighted by Gasteiger charge is -2.25. The van der Waals surface area contributed by atoms with Crippen LogP contribution in [-0.2, 0) is 4.74 Å². The highest BCUT2D eigenvalue weighted by molar-refractivity contribution is 5.41. The summed E-state index contributed by atoms with van der Waals surface area (Å²) in [4.78, 5) is 4.35. The van der Waals surface area contributed by atoms with Crippen LogP contribution in [-0.4, -0.2) is 28.3 Å². The lowest BCUT2D eigenvalue weighted by molar-refractivity contribution is 0.000567. The monoisotopic (exact) mass is 259 g/mol. The smallest absolute Gasteiger partial charge is 0.207 e. The van der Waals surface area contributed by atoms with Crippen molar-refractivity contribution in [3.63, 3.8) is 0 Å². The van der Waals surface area contributed by atoms with Crippen LogP contribution in [0.15, 0.2) is 42.7 Å². The zero-order chi connectivity index (χ0) is 13.7. The first-order valence-electron chi connectivity index (χ1n) is 6.59. The Labute approximate surface area is 114 Å². The van der Waals surface area contributed by atoms with E-state index in [2.05, 4.69) is 36.3 Å². The molecule has 0 bridgehead atoms. The van der Waals surface area contributed by atoms with Gasteiger partial charge in [-0.25, -0.2) is 4.98 Å². The molecule has 102 valence electrons. The third-order valence-electron chi connectivity index (χ3n) is 2.88. The lowest BCUT2D eigenvalue weighted by atomic mass is 10.1. The molecular formula is C15H21N3O. The molecule has 0 radical (unpaired) electrons. The standard InChI is InChI=1S/C15H21N3O/c1-4-19-15(2,3)12-17-14-16-10-11-18(14)13-8-6-5-7-9-13/h5-11H,4,12H2,1-3H3,(H,16,17). The Balaban J connectivity index is 2.09. The van der Waals surface area contributed by atoms with E-state index in [1.807, 2.05) is 35.9 Å². The molecule has 2 rings (SSSR count). The number of aromatic nitrogens is 2. The molecule has 2 aromatic rings. The molecule has 0 saturated heterocycles. The van der Waals surface area contributed by atoms with Gasteiger partial charge in [0.15, 0.2) is 0 Å². The maximum absolute atomic E-state index is 5.67. The van der Waals surface area contributed by atoms with E-state index >= 15 is 0 Å². The van der Waals surface area contributed by atoms with Crippen LogP contribution >= 0.6 is 0 Å². The largest absolute Gasteiger partial charge is 0.374 e. The van der Waals surface area contributed by atoms with E-state index in [0.29, 0.717) is 13.2 Å². The molecule has 0 saturated carbocycles. The minimum absolute atomic E-state index is 0.206. The number of nitrogens with zero attached hydrogens (tertiary/aromatic N) is 2. The molecule has 0 atom stereocenters. The summed E-state index contributed by atoms with van der Waals surface area (Å²) in [6.45, 7) is 7.57. The molecule has 0 fully saturated rings. The van der Waals surface area contributed by atoms with E-state index < -0.39 is 0 Å². The number of hydrogen-bond donors (Lipinski definition) is 1. The summed E-state index contributed by atoms with van der Waals surface area (Å²) >= 11 is 0. The first-order valence-corrected chi connectivity index (χ1v) is 6.59. The van der Waals surface area contributed by atoms with Gasteiger partial charge in [0.1, 0.15) is 0 Å². The summed E-state index contributed by atoms with van der Waals surface area (Å²) in [6, 6.07) is 10.2. The molecular weight excluding hydrogens is 238 g/mol. The summed E-state index contributed by atoms with van der Waals surface area (Å²) in [5, 5.41) is 3.34. The molecule has 0 spiro atoms. The summed E-state index contributed by atoms with van der Waals surface area (Å²) < 4.78 is 7.70. The summed E-state index contributed by atoms with van der Waals surface area (Å²) in [5.41, 5.74) is 0.888. The zero-order valence-electron chi connectivity index (χ0n) is 11.8. The number of para-hydroxylation sites is 1. The summed E-state index contributed by atoms with van der Waals surface area (Å²) in [5.74, 6) is 0.832. The zero-order valence-corrected chi connectivity index (χ0v) is 11.8. The van der Waals surface area contributed by atoms with Crippen molar-refractivity contribution in [2.45, 2.75) is 26.4 Å². The first-order chi connectivity index (χ1) is 9.12. The third-order valence-corrected chi connectivity index (χ3v) is 2.88. The molecule has 1 aromatic heterocycles. The fourth-order valence-electron chi connectivity index (χ4n) is 1.96. The Morgan fingerprint density at radius 3 is 2.68 bits per heavy atom. The second-order valence-electron chi connectivity index (χ2n) is 5.00. The number of hydrogen-bond acceptors (Lipinski definition) is 3. The van der Waals surface area contributed by atoms with Gasteiger partial charge in [-0.3, -0.25) is 4.57 Å². The Kier molecular flexibility index (Phi) is 4.22. The Morgan fingerprint density at radius 1 is 1.26 bits per heavy atom. The van der Waals surface area contributed by atoms with Gasteiger partial charge >= 0.3 is 0 Å². The van der Waals surface area contributed by atoms with Gasteiger partial charge in [0.05, 0.1) is 5.60 Å². The van der Waals surface area contributed by atoms with Crippen LogP contribution in [0.5, 0.6) is 0 Å². The Hall–Kier alpha value is -1.81. The van der Waals surface area contributed by atoms with Gasteiger partial charge in [0.2, 0.25) is 5.95 Å². The Morgan fingerprint density at radius 2 is 2.00 bits per heavy atom. The van der Waals surface area contributed by atoms with Crippen molar-refractivity contribution in [1.82, 2.24) is 9.55 Å². The number of ether oxygens (including phenoxy) is 1. The van der Waals surface area contributed by atoms with Crippen LogP contribution in [0.25, 0.3) is 5.69 Å². The minimum atomic E-state index is -0.206. The average Bonchev–Trinajstić information content (AvgIpc) is 2.86. The number of rotatable bonds is 6. The van der Waals surface area contributed by atoms with E-state index in [4.69, 9.17) is 4.74 Å². The van der Waals surface area contributed by atoms with Crippen molar-refractivity contribution in [3.8, 4) is 5.69 Å². The van der Waals surface area contributed by atoms with Crippen LogP contribution in [0.1, 0.15) is 20.8 Å². The normalized spacial score (nSPS) is 11.5. The van der Waals surface area contributed by atoms with Crippen LogP contribution in [0.3, 0.4) is 0 Å². The van der Waals surface area contributed by atoms with Crippen molar-refractivity contribution in [1.29, 1.82) is 0 Å². The van der Waals surface area contributed by atoms with Crippen LogP contribution < -0.4 is 5.32 Å². The van der Waals surface area contributed by atoms with E-state index in [-0.39, 0.29) is 5.60 Å². The molecule has 4 heteroatoms. The van der Waals surface area contributed by atoms with Gasteiger partial charge < -0.3 is 10.1 Å². The van der Waals surface area contributed by atoms with E-state index in [1.165, 1.54) is 0 Å². The second kappa shape index (κ2) is 5.89. The predicted octanol–water partition coefficient (Wildman–Crippen LogP) is 3.10. The fraction of sp³-hybridized carbons (Fsp3) is 0.400. The topological polar surface area (TPSA) is 39.1 Å². The molecule has 0 amide bonds. The molecule has 1 aromatic carbocycles. The third kappa shape index (κ3) is 3.58. The van der Waals surface area contributed by atoms with Gasteiger partial charge in [-0.2, -0.15) is 0 Å². The quantitative estimate of drug-likeness (QED) is 0.866.